The molecule has 3 N–H and O–H groups in total. The number of primary amides is 1. The number of fused-ring (bicyclic) bond motifs is 1. The number of carbonyl (C=O) groups excluding carboxylic acids is 3. The van der Waals surface area contributed by atoms with Crippen LogP contribution in [0.4, 0.5) is 5.00 Å². The lowest BCUT2D eigenvalue weighted by Gasteiger charge is -2.09. The summed E-state index contributed by atoms with van der Waals surface area (Å²) in [6.07, 6.45) is 3.67. The maximum Gasteiger partial charge on any atom is 0.341 e. The van der Waals surface area contributed by atoms with E-state index in [9.17, 15) is 14.4 Å². The Morgan fingerprint density at radius 1 is 1.31 bits per heavy atom. The minimum Gasteiger partial charge on any atom is -0.480 e. The van der Waals surface area contributed by atoms with Crippen molar-refractivity contribution in [2.75, 3.05) is 18.5 Å². The minimum atomic E-state index is -0.684. The van der Waals surface area contributed by atoms with E-state index in [0.717, 1.165) is 17.0 Å². The number of anilines is 1. The predicted octanol–water partition coefficient (Wildman–Crippen LogP) is 2.31. The highest BCUT2D eigenvalue weighted by Gasteiger charge is 2.25. The van der Waals surface area contributed by atoms with E-state index in [1.54, 1.807) is 30.4 Å². The van der Waals surface area contributed by atoms with Crippen LogP contribution in [0.5, 0.6) is 5.75 Å². The summed E-state index contributed by atoms with van der Waals surface area (Å²) in [7, 11) is 0. The minimum absolute atomic E-state index is 0.116. The van der Waals surface area contributed by atoms with Gasteiger partial charge in [0.1, 0.15) is 5.00 Å². The van der Waals surface area contributed by atoms with E-state index in [0.29, 0.717) is 17.0 Å². The van der Waals surface area contributed by atoms with Gasteiger partial charge in [0.15, 0.2) is 18.0 Å². The van der Waals surface area contributed by atoms with Crippen molar-refractivity contribution in [3.63, 3.8) is 0 Å². The van der Waals surface area contributed by atoms with E-state index in [1.165, 1.54) is 0 Å². The van der Waals surface area contributed by atoms with E-state index in [-0.39, 0.29) is 28.7 Å². The number of hydrogen-bond donors (Lipinski definition) is 2. The van der Waals surface area contributed by atoms with E-state index >= 15 is 0 Å². The van der Waals surface area contributed by atoms with Gasteiger partial charge in [-0.05, 0) is 38.5 Å². The lowest BCUT2D eigenvalue weighted by molar-refractivity contribution is -0.118. The van der Waals surface area contributed by atoms with E-state index in [1.807, 2.05) is 19.3 Å². The van der Waals surface area contributed by atoms with Gasteiger partial charge in [0.05, 0.1) is 22.7 Å². The summed E-state index contributed by atoms with van der Waals surface area (Å²) >= 11 is 0.925. The number of carbonyl (C=O) groups is 3. The number of imidazole rings is 1. The van der Waals surface area contributed by atoms with E-state index < -0.39 is 17.8 Å². The molecule has 0 fully saturated rings. The molecule has 29 heavy (non-hydrogen) atoms. The number of nitrogens with two attached hydrogens (primary N) is 1. The van der Waals surface area contributed by atoms with Crippen LogP contribution < -0.4 is 15.8 Å². The van der Waals surface area contributed by atoms with Crippen LogP contribution >= 0.6 is 11.3 Å². The van der Waals surface area contributed by atoms with Crippen LogP contribution in [-0.4, -0.2) is 40.4 Å². The van der Waals surface area contributed by atoms with Gasteiger partial charge in [-0.15, -0.1) is 11.3 Å². The first kappa shape index (κ1) is 20.3. The maximum absolute atomic E-state index is 12.4. The number of nitrogens with zero attached hydrogens (tertiary/aromatic N) is 2. The molecule has 0 atom stereocenters. The fourth-order valence-electron chi connectivity index (χ4n) is 2.81. The molecule has 0 radical (unpaired) electrons. The second-order valence-corrected chi connectivity index (χ2v) is 7.19. The molecule has 2 amide bonds. The van der Waals surface area contributed by atoms with Crippen molar-refractivity contribution in [1.82, 2.24) is 9.38 Å². The number of rotatable bonds is 7. The van der Waals surface area contributed by atoms with Gasteiger partial charge >= 0.3 is 5.97 Å². The summed E-state index contributed by atoms with van der Waals surface area (Å²) in [5.41, 5.74) is 7.26. The zero-order chi connectivity index (χ0) is 21.1. The normalized spacial score (nSPS) is 10.7. The number of hydrogen-bond acceptors (Lipinski definition) is 7. The van der Waals surface area contributed by atoms with Crippen molar-refractivity contribution in [2.24, 2.45) is 5.73 Å². The zero-order valence-electron chi connectivity index (χ0n) is 16.1. The molecule has 9 nitrogen and oxygen atoms in total. The van der Waals surface area contributed by atoms with Gasteiger partial charge in [-0.3, -0.25) is 9.59 Å². The van der Waals surface area contributed by atoms with Crippen LogP contribution in [0.25, 0.3) is 5.65 Å². The van der Waals surface area contributed by atoms with Gasteiger partial charge in [0.25, 0.3) is 11.8 Å². The molecule has 0 aliphatic heterocycles. The Labute approximate surface area is 170 Å². The monoisotopic (exact) mass is 416 g/mol. The topological polar surface area (TPSA) is 125 Å². The lowest BCUT2D eigenvalue weighted by atomic mass is 10.1. The predicted molar refractivity (Wildman–Crippen MR) is 108 cm³/mol. The van der Waals surface area contributed by atoms with Crippen molar-refractivity contribution in [3.8, 4) is 5.75 Å². The highest BCUT2D eigenvalue weighted by Crippen LogP contribution is 2.33. The largest absolute Gasteiger partial charge is 0.480 e. The van der Waals surface area contributed by atoms with Gasteiger partial charge < -0.3 is 24.9 Å². The van der Waals surface area contributed by atoms with Crippen molar-refractivity contribution in [1.29, 1.82) is 0 Å². The smallest absolute Gasteiger partial charge is 0.341 e. The first-order valence-electron chi connectivity index (χ1n) is 8.79. The number of nitrogens with one attached hydrogen (secondary N) is 1. The highest BCUT2D eigenvalue weighted by molar-refractivity contribution is 7.18. The Bertz CT molecular complexity index is 1100. The average Bonchev–Trinajstić information content (AvgIpc) is 3.19. The van der Waals surface area contributed by atoms with Gasteiger partial charge in [0.2, 0.25) is 0 Å². The van der Waals surface area contributed by atoms with Crippen molar-refractivity contribution in [2.45, 2.75) is 20.8 Å². The molecule has 0 saturated carbocycles. The van der Waals surface area contributed by atoms with Crippen molar-refractivity contribution in [3.05, 3.63) is 46.2 Å². The second kappa shape index (κ2) is 8.31. The Morgan fingerprint density at radius 3 is 2.76 bits per heavy atom. The van der Waals surface area contributed by atoms with Crippen molar-refractivity contribution < 1.29 is 23.9 Å². The summed E-state index contributed by atoms with van der Waals surface area (Å²) < 4.78 is 12.4. The van der Waals surface area contributed by atoms with Crippen LogP contribution in [0, 0.1) is 13.8 Å². The molecule has 0 bridgehead atoms. The zero-order valence-corrected chi connectivity index (χ0v) is 17.0. The van der Waals surface area contributed by atoms with Crippen molar-refractivity contribution >= 4 is 39.8 Å². The van der Waals surface area contributed by atoms with Crippen LogP contribution in [0.1, 0.15) is 38.2 Å². The summed E-state index contributed by atoms with van der Waals surface area (Å²) in [5.74, 6) is -1.38. The number of aromatic nitrogens is 2. The molecule has 0 aliphatic carbocycles. The summed E-state index contributed by atoms with van der Waals surface area (Å²) in [6.45, 7) is 4.95. The summed E-state index contributed by atoms with van der Waals surface area (Å²) in [4.78, 5) is 40.9. The molecule has 3 heterocycles. The Balaban J connectivity index is 1.78. The van der Waals surface area contributed by atoms with Gasteiger partial charge in [-0.1, -0.05) is 0 Å². The molecular formula is C19H20N4O5S. The molecule has 3 rings (SSSR count). The number of ether oxygens (including phenoxy) is 2. The molecule has 10 heteroatoms. The van der Waals surface area contributed by atoms with E-state index in [2.05, 4.69) is 10.3 Å². The third-order valence-corrected chi connectivity index (χ3v) is 5.25. The van der Waals surface area contributed by atoms with Crippen LogP contribution in [0.2, 0.25) is 0 Å². The van der Waals surface area contributed by atoms with Gasteiger partial charge in [0, 0.05) is 12.4 Å². The van der Waals surface area contributed by atoms with Crippen LogP contribution in [0.15, 0.2) is 24.5 Å². The maximum atomic E-state index is 12.4. The SMILES string of the molecule is CCOC(=O)c1c(NC(=O)COc2cccn3cc(C)nc23)sc(C(N)=O)c1C. The number of aryl methyl sites for hydroxylation is 1. The lowest BCUT2D eigenvalue weighted by Crippen LogP contribution is -2.21. The Morgan fingerprint density at radius 2 is 2.07 bits per heavy atom. The summed E-state index contributed by atoms with van der Waals surface area (Å²) in [6, 6.07) is 3.49. The molecule has 0 spiro atoms. The Hall–Kier alpha value is -3.40. The van der Waals surface area contributed by atoms with Gasteiger partial charge in [-0.2, -0.15) is 0 Å². The molecular weight excluding hydrogens is 396 g/mol. The number of pyridine rings is 1. The van der Waals surface area contributed by atoms with Crippen LogP contribution in [-0.2, 0) is 9.53 Å². The fraction of sp³-hybridized carbons (Fsp3) is 0.263. The highest BCUT2D eigenvalue weighted by atomic mass is 32.1. The summed E-state index contributed by atoms with van der Waals surface area (Å²) in [5, 5.41) is 2.80. The second-order valence-electron chi connectivity index (χ2n) is 6.17. The molecule has 0 aliphatic rings. The molecule has 3 aromatic rings. The first-order valence-corrected chi connectivity index (χ1v) is 9.60. The number of thiophene rings is 1. The Kier molecular flexibility index (Phi) is 5.83. The van der Waals surface area contributed by atoms with Gasteiger partial charge in [-0.25, -0.2) is 9.78 Å². The molecule has 3 aromatic heterocycles. The quantitative estimate of drug-likeness (QED) is 0.570. The molecule has 0 saturated heterocycles. The average molecular weight is 416 g/mol. The number of amides is 2. The fourth-order valence-corrected chi connectivity index (χ4v) is 3.88. The third-order valence-electron chi connectivity index (χ3n) is 4.03. The standard InChI is InChI=1S/C19H20N4O5S/c1-4-27-19(26)14-11(3)15(16(20)25)29-18(14)22-13(24)9-28-12-6-5-7-23-8-10(2)21-17(12)23/h5-8H,4,9H2,1-3H3,(H2,20,25)(H,22,24). The molecule has 152 valence electrons. The first-order chi connectivity index (χ1) is 13.8. The van der Waals surface area contributed by atoms with E-state index in [4.69, 9.17) is 15.2 Å². The molecule has 0 unspecified atom stereocenters. The van der Waals surface area contributed by atoms with Crippen LogP contribution in [0.3, 0.4) is 0 Å². The number of esters is 1. The third kappa shape index (κ3) is 4.21. The molecule has 0 aromatic carbocycles.